The molecule has 0 heterocycles. The first kappa shape index (κ1) is 17.7. The van der Waals surface area contributed by atoms with Crippen LogP contribution in [-0.2, 0) is 4.79 Å². The Bertz CT molecular complexity index is 502. The van der Waals surface area contributed by atoms with Crippen molar-refractivity contribution in [2.75, 3.05) is 13.2 Å². The molecule has 1 N–H and O–H groups in total. The molecular formula is C18H25F2NO2. The maximum absolute atomic E-state index is 13.3. The Morgan fingerprint density at radius 2 is 2.09 bits per heavy atom. The molecule has 0 unspecified atom stereocenters. The van der Waals surface area contributed by atoms with Gasteiger partial charge in [-0.3, -0.25) is 4.79 Å². The maximum atomic E-state index is 13.3. The summed E-state index contributed by atoms with van der Waals surface area (Å²) in [7, 11) is 0. The van der Waals surface area contributed by atoms with Gasteiger partial charge in [-0.15, -0.1) is 0 Å². The third-order valence-corrected chi connectivity index (χ3v) is 4.17. The van der Waals surface area contributed by atoms with Gasteiger partial charge < -0.3 is 10.1 Å². The average molecular weight is 325 g/mol. The van der Waals surface area contributed by atoms with Crippen molar-refractivity contribution in [1.82, 2.24) is 5.32 Å². The van der Waals surface area contributed by atoms with Gasteiger partial charge in [-0.2, -0.15) is 0 Å². The molecule has 2 rings (SSSR count). The molecule has 0 aromatic heterocycles. The van der Waals surface area contributed by atoms with Gasteiger partial charge in [0.15, 0.2) is 0 Å². The highest BCUT2D eigenvalue weighted by Crippen LogP contribution is 2.36. The predicted molar refractivity (Wildman–Crippen MR) is 85.8 cm³/mol. The van der Waals surface area contributed by atoms with Crippen molar-refractivity contribution >= 4 is 5.91 Å². The van der Waals surface area contributed by atoms with Crippen LogP contribution in [0.5, 0.6) is 5.75 Å². The second-order valence-corrected chi connectivity index (χ2v) is 6.39. The van der Waals surface area contributed by atoms with Gasteiger partial charge in [-0.1, -0.05) is 17.7 Å². The number of carbonyl (C=O) groups excluding carboxylic acids is 1. The Hall–Kier alpha value is -1.65. The van der Waals surface area contributed by atoms with Crippen molar-refractivity contribution in [3.63, 3.8) is 0 Å². The summed E-state index contributed by atoms with van der Waals surface area (Å²) in [5.41, 5.74) is 1.17. The highest BCUT2D eigenvalue weighted by molar-refractivity contribution is 5.75. The molecule has 1 aromatic rings. The van der Waals surface area contributed by atoms with Crippen molar-refractivity contribution in [2.45, 2.75) is 51.4 Å². The van der Waals surface area contributed by atoms with Crippen LogP contribution in [-0.4, -0.2) is 25.0 Å². The number of ether oxygens (including phenoxy) is 1. The minimum absolute atomic E-state index is 0.0200. The molecule has 1 atom stereocenters. The molecule has 1 aromatic carbocycles. The molecule has 1 saturated carbocycles. The number of alkyl halides is 2. The van der Waals surface area contributed by atoms with E-state index in [1.165, 1.54) is 5.56 Å². The van der Waals surface area contributed by atoms with Crippen molar-refractivity contribution in [2.24, 2.45) is 5.92 Å². The molecule has 0 saturated heterocycles. The molecule has 1 aliphatic carbocycles. The lowest BCUT2D eigenvalue weighted by Gasteiger charge is -2.28. The van der Waals surface area contributed by atoms with Gasteiger partial charge in [0.2, 0.25) is 11.8 Å². The molecular weight excluding hydrogens is 300 g/mol. The zero-order chi connectivity index (χ0) is 16.7. The lowest BCUT2D eigenvalue weighted by molar-refractivity contribution is -0.122. The molecule has 23 heavy (non-hydrogen) atoms. The van der Waals surface area contributed by atoms with Gasteiger partial charge in [0.1, 0.15) is 5.75 Å². The number of nitrogens with one attached hydrogen (secondary N) is 1. The van der Waals surface area contributed by atoms with Crippen molar-refractivity contribution in [3.8, 4) is 5.75 Å². The zero-order valence-corrected chi connectivity index (χ0v) is 13.6. The average Bonchev–Trinajstić information content (AvgIpc) is 2.50. The molecule has 0 aliphatic heterocycles. The molecule has 3 nitrogen and oxygen atoms in total. The van der Waals surface area contributed by atoms with Gasteiger partial charge in [-0.05, 0) is 44.2 Å². The Morgan fingerprint density at radius 3 is 2.78 bits per heavy atom. The van der Waals surface area contributed by atoms with E-state index in [1.54, 1.807) is 0 Å². The minimum Gasteiger partial charge on any atom is -0.494 e. The van der Waals surface area contributed by atoms with Crippen LogP contribution in [0, 0.1) is 12.8 Å². The SMILES string of the molecule is Cc1ccc(OCCCC(=O)NC[C@H]2CCCC(F)(F)C2)cc1. The summed E-state index contributed by atoms with van der Waals surface area (Å²) in [5.74, 6) is -1.96. The largest absolute Gasteiger partial charge is 0.494 e. The number of aryl methyl sites for hydroxylation is 1. The smallest absolute Gasteiger partial charge is 0.248 e. The van der Waals surface area contributed by atoms with Crippen molar-refractivity contribution in [1.29, 1.82) is 0 Å². The van der Waals surface area contributed by atoms with Crippen LogP contribution in [0.1, 0.15) is 44.1 Å². The molecule has 1 fully saturated rings. The summed E-state index contributed by atoms with van der Waals surface area (Å²) in [6.07, 6.45) is 2.15. The van der Waals surface area contributed by atoms with Crippen LogP contribution in [0.2, 0.25) is 0 Å². The summed E-state index contributed by atoms with van der Waals surface area (Å²) in [5, 5.41) is 2.77. The van der Waals surface area contributed by atoms with E-state index in [0.717, 1.165) is 12.2 Å². The number of hydrogen-bond acceptors (Lipinski definition) is 2. The minimum atomic E-state index is -2.56. The number of carbonyl (C=O) groups is 1. The van der Waals surface area contributed by atoms with Gasteiger partial charge in [0.25, 0.3) is 0 Å². The zero-order valence-electron chi connectivity index (χ0n) is 13.6. The van der Waals surface area contributed by atoms with E-state index in [0.29, 0.717) is 32.4 Å². The quantitative estimate of drug-likeness (QED) is 0.767. The van der Waals surface area contributed by atoms with Crippen molar-refractivity contribution in [3.05, 3.63) is 29.8 Å². The summed E-state index contributed by atoms with van der Waals surface area (Å²) >= 11 is 0. The van der Waals surface area contributed by atoms with Crippen LogP contribution in [0.15, 0.2) is 24.3 Å². The Morgan fingerprint density at radius 1 is 1.35 bits per heavy atom. The second-order valence-electron chi connectivity index (χ2n) is 6.39. The summed E-state index contributed by atoms with van der Waals surface area (Å²) < 4.78 is 32.1. The van der Waals surface area contributed by atoms with Crippen LogP contribution in [0.25, 0.3) is 0 Å². The first-order valence-electron chi connectivity index (χ1n) is 8.29. The third kappa shape index (κ3) is 6.55. The molecule has 1 aliphatic rings. The standard InChI is InChI=1S/C18H25F2NO2/c1-14-6-8-16(9-7-14)23-11-3-5-17(22)21-13-15-4-2-10-18(19,20)12-15/h6-9,15H,2-5,10-13H2,1H3,(H,21,22)/t15-/m0/s1. The number of benzene rings is 1. The van der Waals surface area contributed by atoms with Gasteiger partial charge in [0, 0.05) is 25.8 Å². The monoisotopic (exact) mass is 325 g/mol. The fourth-order valence-electron chi connectivity index (χ4n) is 2.85. The second kappa shape index (κ2) is 8.27. The number of rotatable bonds is 7. The van der Waals surface area contributed by atoms with Gasteiger partial charge in [0.05, 0.1) is 6.61 Å². The number of hydrogen-bond donors (Lipinski definition) is 1. The van der Waals surface area contributed by atoms with Crippen LogP contribution in [0.3, 0.4) is 0 Å². The summed E-state index contributed by atoms with van der Waals surface area (Å²) in [6.45, 7) is 2.83. The first-order valence-corrected chi connectivity index (χ1v) is 8.29. The molecule has 5 heteroatoms. The van der Waals surface area contributed by atoms with Crippen molar-refractivity contribution < 1.29 is 18.3 Å². The molecule has 0 bridgehead atoms. The van der Waals surface area contributed by atoms with E-state index >= 15 is 0 Å². The molecule has 0 radical (unpaired) electrons. The third-order valence-electron chi connectivity index (χ3n) is 4.17. The maximum Gasteiger partial charge on any atom is 0.248 e. The Labute approximate surface area is 136 Å². The van der Waals surface area contributed by atoms with E-state index in [-0.39, 0.29) is 24.7 Å². The normalized spacial score (nSPS) is 20.0. The van der Waals surface area contributed by atoms with E-state index in [2.05, 4.69) is 5.32 Å². The first-order chi connectivity index (χ1) is 10.9. The van der Waals surface area contributed by atoms with E-state index in [9.17, 15) is 13.6 Å². The highest BCUT2D eigenvalue weighted by atomic mass is 19.3. The molecule has 0 spiro atoms. The number of halogens is 2. The summed E-state index contributed by atoms with van der Waals surface area (Å²) in [4.78, 5) is 11.7. The topological polar surface area (TPSA) is 38.3 Å². The highest BCUT2D eigenvalue weighted by Gasteiger charge is 2.36. The number of amides is 1. The Balaban J connectivity index is 1.57. The van der Waals surface area contributed by atoms with Crippen LogP contribution in [0.4, 0.5) is 8.78 Å². The van der Waals surface area contributed by atoms with E-state index < -0.39 is 5.92 Å². The molecule has 1 amide bonds. The molecule has 128 valence electrons. The van der Waals surface area contributed by atoms with E-state index in [4.69, 9.17) is 4.74 Å². The van der Waals surface area contributed by atoms with Gasteiger partial charge in [-0.25, -0.2) is 8.78 Å². The van der Waals surface area contributed by atoms with Crippen LogP contribution < -0.4 is 10.1 Å². The Kier molecular flexibility index (Phi) is 6.37. The fraction of sp³-hybridized carbons (Fsp3) is 0.611. The predicted octanol–water partition coefficient (Wildman–Crippen LogP) is 4.10. The lowest BCUT2D eigenvalue weighted by Crippen LogP contribution is -2.35. The van der Waals surface area contributed by atoms with Gasteiger partial charge >= 0.3 is 0 Å². The summed E-state index contributed by atoms with van der Waals surface area (Å²) in [6, 6.07) is 7.75. The van der Waals surface area contributed by atoms with E-state index in [1.807, 2.05) is 31.2 Å². The fourth-order valence-corrected chi connectivity index (χ4v) is 2.85. The van der Waals surface area contributed by atoms with Crippen LogP contribution >= 0.6 is 0 Å². The lowest BCUT2D eigenvalue weighted by atomic mass is 9.86.